The largest absolute Gasteiger partial charge is 0.307 e. The van der Waals surface area contributed by atoms with Crippen molar-refractivity contribution in [3.8, 4) is 0 Å². The molecule has 0 bridgehead atoms. The van der Waals surface area contributed by atoms with Crippen molar-refractivity contribution in [2.75, 3.05) is 6.54 Å². The summed E-state index contributed by atoms with van der Waals surface area (Å²) >= 11 is 0. The second-order valence-electron chi connectivity index (χ2n) is 6.49. The fraction of sp³-hybridized carbons (Fsp3) is 0.421. The molecule has 0 aromatic heterocycles. The second-order valence-corrected chi connectivity index (χ2v) is 6.49. The third-order valence-electron chi connectivity index (χ3n) is 5.22. The third kappa shape index (κ3) is 2.49. The summed E-state index contributed by atoms with van der Waals surface area (Å²) in [5, 5.41) is 3.26. The number of rotatable bonds is 4. The molecule has 1 aromatic rings. The zero-order chi connectivity index (χ0) is 14.2. The molecule has 0 saturated heterocycles. The first kappa shape index (κ1) is 13.0. The van der Waals surface area contributed by atoms with Crippen molar-refractivity contribution in [1.82, 2.24) is 5.32 Å². The van der Waals surface area contributed by atoms with Gasteiger partial charge in [0, 0.05) is 0 Å². The van der Waals surface area contributed by atoms with Crippen molar-refractivity contribution in [3.63, 3.8) is 0 Å². The fourth-order valence-electron chi connectivity index (χ4n) is 3.81. The molecule has 3 aliphatic rings. The lowest BCUT2D eigenvalue weighted by atomic mass is 9.96. The normalized spacial score (nSPS) is 37.5. The first-order valence-electron chi connectivity index (χ1n) is 7.99. The molecule has 2 aliphatic carbocycles. The number of fused-ring (bicyclic) bond motifs is 1. The van der Waals surface area contributed by atoms with Crippen LogP contribution >= 0.6 is 0 Å². The van der Waals surface area contributed by atoms with Crippen molar-refractivity contribution in [3.05, 3.63) is 59.7 Å². The van der Waals surface area contributed by atoms with Gasteiger partial charge in [-0.3, -0.25) is 0 Å². The summed E-state index contributed by atoms with van der Waals surface area (Å²) in [5.74, 6) is 3.42. The van der Waals surface area contributed by atoms with Crippen LogP contribution in [0.5, 0.6) is 0 Å². The van der Waals surface area contributed by atoms with Gasteiger partial charge in [-0.15, -0.1) is 0 Å². The van der Waals surface area contributed by atoms with E-state index in [1.165, 1.54) is 11.1 Å². The fourth-order valence-corrected chi connectivity index (χ4v) is 3.81. The number of allylic oxidation sites excluding steroid dienone is 2. The monoisotopic (exact) mass is 279 g/mol. The van der Waals surface area contributed by atoms with E-state index in [1.807, 2.05) is 0 Å². The molecule has 2 saturated carbocycles. The van der Waals surface area contributed by atoms with E-state index >= 15 is 0 Å². The van der Waals surface area contributed by atoms with Gasteiger partial charge < -0.3 is 10.1 Å². The van der Waals surface area contributed by atoms with Crippen LogP contribution < -0.4 is 5.32 Å². The number of carbonyl (C=O) groups excluding carboxylic acids is 1. The van der Waals surface area contributed by atoms with E-state index in [0.717, 1.165) is 49.3 Å². The molecule has 1 N–H and O–H groups in total. The summed E-state index contributed by atoms with van der Waals surface area (Å²) in [6, 6.07) is 10.9. The molecular weight excluding hydrogens is 258 g/mol. The van der Waals surface area contributed by atoms with Crippen LogP contribution in [0.3, 0.4) is 0 Å². The van der Waals surface area contributed by atoms with E-state index in [4.69, 9.17) is 0 Å². The maximum atomic E-state index is 10.8. The number of aldehydes is 1. The lowest BCUT2D eigenvalue weighted by molar-refractivity contribution is -0.109. The van der Waals surface area contributed by atoms with Crippen LogP contribution in [0.1, 0.15) is 24.3 Å². The molecule has 0 radical (unpaired) electrons. The Hall–Kier alpha value is -1.67. The molecule has 21 heavy (non-hydrogen) atoms. The number of carbonyl (C=O) groups is 1. The van der Waals surface area contributed by atoms with Crippen molar-refractivity contribution in [1.29, 1.82) is 0 Å². The van der Waals surface area contributed by atoms with E-state index in [-0.39, 0.29) is 6.04 Å². The molecule has 108 valence electrons. The highest BCUT2D eigenvalue weighted by atomic mass is 16.1. The van der Waals surface area contributed by atoms with Gasteiger partial charge in [-0.25, -0.2) is 0 Å². The highest BCUT2D eigenvalue weighted by molar-refractivity contribution is 5.58. The molecule has 1 heterocycles. The van der Waals surface area contributed by atoms with Crippen molar-refractivity contribution >= 4 is 6.29 Å². The predicted octanol–water partition coefficient (Wildman–Crippen LogP) is 3.08. The van der Waals surface area contributed by atoms with Crippen molar-refractivity contribution in [2.45, 2.75) is 24.8 Å². The van der Waals surface area contributed by atoms with Gasteiger partial charge >= 0.3 is 0 Å². The van der Waals surface area contributed by atoms with Crippen molar-refractivity contribution in [2.24, 2.45) is 17.8 Å². The zero-order valence-corrected chi connectivity index (χ0v) is 12.1. The molecule has 2 heteroatoms. The van der Waals surface area contributed by atoms with Crippen LogP contribution in [0.4, 0.5) is 0 Å². The number of nitrogens with one attached hydrogen (secondary N) is 1. The van der Waals surface area contributed by atoms with Gasteiger partial charge in [-0.1, -0.05) is 54.1 Å². The highest BCUT2D eigenvalue weighted by Gasteiger charge is 2.72. The third-order valence-corrected chi connectivity index (χ3v) is 5.22. The minimum Gasteiger partial charge on any atom is -0.307 e. The molecule has 3 atom stereocenters. The maximum Gasteiger partial charge on any atom is 0.137 e. The Morgan fingerprint density at radius 1 is 1.14 bits per heavy atom. The van der Waals surface area contributed by atoms with Gasteiger partial charge in [0.15, 0.2) is 0 Å². The molecule has 0 spiro atoms. The first-order chi connectivity index (χ1) is 10.4. The van der Waals surface area contributed by atoms with Gasteiger partial charge in [0.05, 0.1) is 6.04 Å². The van der Waals surface area contributed by atoms with Crippen LogP contribution in [0.15, 0.2) is 54.1 Å². The topological polar surface area (TPSA) is 29.1 Å². The van der Waals surface area contributed by atoms with Crippen LogP contribution in [-0.4, -0.2) is 18.9 Å². The van der Waals surface area contributed by atoms with Crippen LogP contribution in [0, 0.1) is 17.8 Å². The smallest absolute Gasteiger partial charge is 0.137 e. The van der Waals surface area contributed by atoms with E-state index in [1.54, 1.807) is 0 Å². The van der Waals surface area contributed by atoms with E-state index in [2.05, 4.69) is 53.9 Å². The number of benzene rings is 1. The van der Waals surface area contributed by atoms with Crippen LogP contribution in [0.2, 0.25) is 0 Å². The zero-order valence-electron chi connectivity index (χ0n) is 12.1. The van der Waals surface area contributed by atoms with Crippen molar-refractivity contribution < 1.29 is 4.79 Å². The summed E-state index contributed by atoms with van der Waals surface area (Å²) < 4.78 is 0. The second kappa shape index (κ2) is 5.27. The lowest BCUT2D eigenvalue weighted by Gasteiger charge is -2.08. The van der Waals surface area contributed by atoms with Gasteiger partial charge in [0.1, 0.15) is 6.29 Å². The van der Waals surface area contributed by atoms with E-state index < -0.39 is 0 Å². The Morgan fingerprint density at radius 2 is 1.95 bits per heavy atom. The van der Waals surface area contributed by atoms with E-state index in [0.29, 0.717) is 0 Å². The summed E-state index contributed by atoms with van der Waals surface area (Å²) in [4.78, 5) is 10.8. The molecule has 2 nitrogen and oxygen atoms in total. The van der Waals surface area contributed by atoms with Gasteiger partial charge in [0.25, 0.3) is 0 Å². The quantitative estimate of drug-likeness (QED) is 0.858. The highest BCUT2D eigenvalue weighted by Crippen LogP contribution is 2.78. The van der Waals surface area contributed by atoms with E-state index in [9.17, 15) is 4.79 Å². The number of hydrogen-bond acceptors (Lipinski definition) is 2. The molecule has 3 unspecified atom stereocenters. The Kier molecular flexibility index (Phi) is 3.27. The van der Waals surface area contributed by atoms with Gasteiger partial charge in [0.2, 0.25) is 0 Å². The Morgan fingerprint density at radius 3 is 2.71 bits per heavy atom. The average molecular weight is 279 g/mol. The minimum absolute atomic E-state index is 0.00712. The maximum absolute atomic E-state index is 10.8. The SMILES string of the molecule is O=CC1CC=C(/C=C/C2C3C(c4ccccc4)C23)CCN1. The summed E-state index contributed by atoms with van der Waals surface area (Å²) in [7, 11) is 0. The molecule has 1 aromatic carbocycles. The first-order valence-corrected chi connectivity index (χ1v) is 7.99. The van der Waals surface area contributed by atoms with Crippen LogP contribution in [-0.2, 0) is 4.79 Å². The standard InChI is InChI=1S/C19H21NO/c21-12-15-8-6-13(10-11-20-15)7-9-16-18-17(19(16)18)14-4-2-1-3-5-14/h1-7,9,12,15-20H,8,10-11H2/b9-7+. The molecule has 2 fully saturated rings. The molecule has 4 rings (SSSR count). The van der Waals surface area contributed by atoms with Crippen LogP contribution in [0.25, 0.3) is 0 Å². The molecular formula is C19H21NO. The molecule has 1 aliphatic heterocycles. The Bertz CT molecular complexity index is 579. The summed E-state index contributed by atoms with van der Waals surface area (Å²) in [6.45, 7) is 0.906. The predicted molar refractivity (Wildman–Crippen MR) is 84.0 cm³/mol. The minimum atomic E-state index is 0.00712. The van der Waals surface area contributed by atoms with Gasteiger partial charge in [-0.05, 0) is 48.6 Å². The summed E-state index contributed by atoms with van der Waals surface area (Å²) in [5.41, 5.74) is 2.90. The summed E-state index contributed by atoms with van der Waals surface area (Å²) in [6.07, 6.45) is 9.80. The Labute approximate surface area is 125 Å². The number of hydrogen-bond donors (Lipinski definition) is 1. The molecule has 0 amide bonds. The van der Waals surface area contributed by atoms with Gasteiger partial charge in [-0.2, -0.15) is 0 Å². The average Bonchev–Trinajstić information content (AvgIpc) is 3.40. The lowest BCUT2D eigenvalue weighted by Crippen LogP contribution is -2.29. The Balaban J connectivity index is 1.32.